The first kappa shape index (κ1) is 24.1. The summed E-state index contributed by atoms with van der Waals surface area (Å²) < 4.78 is 9.79. The van der Waals surface area contributed by atoms with Crippen molar-refractivity contribution < 1.29 is 23.9 Å². The quantitative estimate of drug-likeness (QED) is 0.417. The Morgan fingerprint density at radius 2 is 1.37 bits per heavy atom. The molecular formula is C26H28N4O5. The number of fused-ring (bicyclic) bond motifs is 1. The van der Waals surface area contributed by atoms with Crippen molar-refractivity contribution in [2.45, 2.75) is 27.2 Å². The van der Waals surface area contributed by atoms with E-state index in [4.69, 9.17) is 9.47 Å². The van der Waals surface area contributed by atoms with Gasteiger partial charge < -0.3 is 19.3 Å². The van der Waals surface area contributed by atoms with Gasteiger partial charge in [0, 0.05) is 37.3 Å². The molecule has 35 heavy (non-hydrogen) atoms. The van der Waals surface area contributed by atoms with Crippen LogP contribution in [0.5, 0.6) is 5.75 Å². The Morgan fingerprint density at radius 1 is 0.800 bits per heavy atom. The lowest BCUT2D eigenvalue weighted by molar-refractivity contribution is 0.0718. The van der Waals surface area contributed by atoms with Crippen molar-refractivity contribution in [3.8, 4) is 5.75 Å². The lowest BCUT2D eigenvalue weighted by Gasteiger charge is -2.22. The largest absolute Gasteiger partial charge is 0.513 e. The zero-order chi connectivity index (χ0) is 24.9. The average molecular weight is 477 g/mol. The SMILES string of the molecule is CCOC(=O)Oc1ccc(C(=O)N2CCCN(C(=O)c3ccc4nc(C)c(C)nc4c3)CC2)cc1. The van der Waals surface area contributed by atoms with Gasteiger partial charge in [0.25, 0.3) is 11.8 Å². The third kappa shape index (κ3) is 5.56. The van der Waals surface area contributed by atoms with E-state index in [1.807, 2.05) is 19.9 Å². The van der Waals surface area contributed by atoms with Crippen molar-refractivity contribution >= 4 is 29.0 Å². The van der Waals surface area contributed by atoms with E-state index < -0.39 is 6.16 Å². The summed E-state index contributed by atoms with van der Waals surface area (Å²) in [4.78, 5) is 50.3. The van der Waals surface area contributed by atoms with Crippen LogP contribution in [0.4, 0.5) is 4.79 Å². The van der Waals surface area contributed by atoms with Crippen LogP contribution in [0.2, 0.25) is 0 Å². The molecule has 0 bridgehead atoms. The second-order valence-corrected chi connectivity index (χ2v) is 8.35. The van der Waals surface area contributed by atoms with Crippen LogP contribution in [0.3, 0.4) is 0 Å². The minimum absolute atomic E-state index is 0.0818. The van der Waals surface area contributed by atoms with Crippen molar-refractivity contribution in [2.75, 3.05) is 32.8 Å². The molecule has 0 unspecified atom stereocenters. The topological polar surface area (TPSA) is 102 Å². The highest BCUT2D eigenvalue weighted by Gasteiger charge is 2.24. The molecule has 0 aliphatic carbocycles. The molecule has 1 fully saturated rings. The van der Waals surface area contributed by atoms with E-state index >= 15 is 0 Å². The van der Waals surface area contributed by atoms with Crippen molar-refractivity contribution in [3.63, 3.8) is 0 Å². The van der Waals surface area contributed by atoms with Crippen LogP contribution in [0.25, 0.3) is 11.0 Å². The molecule has 0 spiro atoms. The van der Waals surface area contributed by atoms with Crippen molar-refractivity contribution in [1.29, 1.82) is 0 Å². The Balaban J connectivity index is 1.40. The second-order valence-electron chi connectivity index (χ2n) is 8.35. The molecule has 9 nitrogen and oxygen atoms in total. The number of aryl methyl sites for hydroxylation is 2. The maximum atomic E-state index is 13.2. The minimum Gasteiger partial charge on any atom is -0.434 e. The Labute approximate surface area is 203 Å². The molecule has 182 valence electrons. The van der Waals surface area contributed by atoms with Gasteiger partial charge in [0.05, 0.1) is 29.0 Å². The molecule has 2 amide bonds. The Bertz CT molecular complexity index is 1260. The Kier molecular flexibility index (Phi) is 7.24. The number of carbonyl (C=O) groups is 3. The van der Waals surface area contributed by atoms with Crippen molar-refractivity contribution in [1.82, 2.24) is 19.8 Å². The lowest BCUT2D eigenvalue weighted by atomic mass is 10.1. The molecule has 1 aromatic heterocycles. The normalized spacial score (nSPS) is 13.9. The summed E-state index contributed by atoms with van der Waals surface area (Å²) in [7, 11) is 0. The van der Waals surface area contributed by atoms with Crippen LogP contribution in [0.15, 0.2) is 42.5 Å². The fourth-order valence-electron chi connectivity index (χ4n) is 3.96. The standard InChI is InChI=1S/C26H28N4O5/c1-4-34-26(33)35-21-9-6-19(7-10-21)24(31)29-12-5-13-30(15-14-29)25(32)20-8-11-22-23(16-20)28-18(3)17(2)27-22/h6-11,16H,4-5,12-15H2,1-3H3. The number of hydrogen-bond acceptors (Lipinski definition) is 7. The molecule has 2 aromatic carbocycles. The Morgan fingerprint density at radius 3 is 2.00 bits per heavy atom. The van der Waals surface area contributed by atoms with Gasteiger partial charge in [-0.1, -0.05) is 0 Å². The van der Waals surface area contributed by atoms with Gasteiger partial charge in [-0.3, -0.25) is 9.59 Å². The third-order valence-corrected chi connectivity index (χ3v) is 5.96. The monoisotopic (exact) mass is 476 g/mol. The smallest absolute Gasteiger partial charge is 0.434 e. The summed E-state index contributed by atoms with van der Waals surface area (Å²) >= 11 is 0. The first-order chi connectivity index (χ1) is 16.9. The fourth-order valence-corrected chi connectivity index (χ4v) is 3.96. The van der Waals surface area contributed by atoms with Crippen molar-refractivity contribution in [3.05, 3.63) is 65.0 Å². The average Bonchev–Trinajstić information content (AvgIpc) is 3.10. The Hall–Kier alpha value is -4.01. The van der Waals surface area contributed by atoms with Crippen LogP contribution < -0.4 is 4.74 Å². The molecule has 0 radical (unpaired) electrons. The van der Waals surface area contributed by atoms with E-state index in [9.17, 15) is 14.4 Å². The zero-order valence-corrected chi connectivity index (χ0v) is 20.1. The van der Waals surface area contributed by atoms with E-state index in [2.05, 4.69) is 9.97 Å². The zero-order valence-electron chi connectivity index (χ0n) is 20.1. The molecule has 1 saturated heterocycles. The van der Waals surface area contributed by atoms with Crippen molar-refractivity contribution in [2.24, 2.45) is 0 Å². The lowest BCUT2D eigenvalue weighted by Crippen LogP contribution is -2.37. The van der Waals surface area contributed by atoms with Gasteiger partial charge >= 0.3 is 6.16 Å². The number of nitrogens with zero attached hydrogens (tertiary/aromatic N) is 4. The molecular weight excluding hydrogens is 448 g/mol. The maximum absolute atomic E-state index is 13.2. The van der Waals surface area contributed by atoms with E-state index in [1.165, 1.54) is 0 Å². The van der Waals surface area contributed by atoms with Gasteiger partial charge in [-0.15, -0.1) is 0 Å². The highest BCUT2D eigenvalue weighted by molar-refractivity contribution is 5.97. The van der Waals surface area contributed by atoms with E-state index in [0.29, 0.717) is 55.0 Å². The van der Waals surface area contributed by atoms with Gasteiger partial charge in [0.15, 0.2) is 0 Å². The molecule has 9 heteroatoms. The highest BCUT2D eigenvalue weighted by Crippen LogP contribution is 2.18. The number of carbonyl (C=O) groups excluding carboxylic acids is 3. The molecule has 4 rings (SSSR count). The summed E-state index contributed by atoms with van der Waals surface area (Å²) in [6.45, 7) is 7.70. The van der Waals surface area contributed by atoms with Gasteiger partial charge in [-0.05, 0) is 69.7 Å². The van der Waals surface area contributed by atoms with Crippen LogP contribution in [-0.2, 0) is 4.74 Å². The number of amides is 2. The van der Waals surface area contributed by atoms with E-state index in [1.54, 1.807) is 53.1 Å². The highest BCUT2D eigenvalue weighted by atomic mass is 16.7. The first-order valence-electron chi connectivity index (χ1n) is 11.6. The molecule has 3 aromatic rings. The fraction of sp³-hybridized carbons (Fsp3) is 0.346. The number of aromatic nitrogens is 2. The number of benzene rings is 2. The van der Waals surface area contributed by atoms with Gasteiger partial charge in [0.1, 0.15) is 5.75 Å². The number of hydrogen-bond donors (Lipinski definition) is 0. The first-order valence-corrected chi connectivity index (χ1v) is 11.6. The summed E-state index contributed by atoms with van der Waals surface area (Å²) in [6.07, 6.45) is -0.111. The molecule has 0 N–H and O–H groups in total. The van der Waals surface area contributed by atoms with Crippen LogP contribution in [0.1, 0.15) is 45.4 Å². The van der Waals surface area contributed by atoms with E-state index in [0.717, 1.165) is 16.9 Å². The molecule has 0 saturated carbocycles. The molecule has 1 aliphatic rings. The number of rotatable bonds is 4. The maximum Gasteiger partial charge on any atom is 0.513 e. The summed E-state index contributed by atoms with van der Waals surface area (Å²) in [5.74, 6) is 0.0913. The van der Waals surface area contributed by atoms with Crippen LogP contribution >= 0.6 is 0 Å². The summed E-state index contributed by atoms with van der Waals surface area (Å²) in [5.41, 5.74) is 4.21. The minimum atomic E-state index is -0.785. The van der Waals surface area contributed by atoms with Crippen LogP contribution in [0, 0.1) is 13.8 Å². The van der Waals surface area contributed by atoms with Gasteiger partial charge in [-0.2, -0.15) is 0 Å². The molecule has 2 heterocycles. The van der Waals surface area contributed by atoms with Gasteiger partial charge in [0.2, 0.25) is 0 Å². The van der Waals surface area contributed by atoms with E-state index in [-0.39, 0.29) is 18.4 Å². The summed E-state index contributed by atoms with van der Waals surface area (Å²) in [6, 6.07) is 11.7. The summed E-state index contributed by atoms with van der Waals surface area (Å²) in [5, 5.41) is 0. The van der Waals surface area contributed by atoms with Gasteiger partial charge in [-0.25, -0.2) is 14.8 Å². The predicted molar refractivity (Wildman–Crippen MR) is 130 cm³/mol. The molecule has 1 aliphatic heterocycles. The second kappa shape index (κ2) is 10.5. The predicted octanol–water partition coefficient (Wildman–Crippen LogP) is 3.77. The number of ether oxygens (including phenoxy) is 2. The van der Waals surface area contributed by atoms with Crippen LogP contribution in [-0.4, -0.2) is 70.5 Å². The third-order valence-electron chi connectivity index (χ3n) is 5.96. The molecule has 0 atom stereocenters.